The summed E-state index contributed by atoms with van der Waals surface area (Å²) in [4.78, 5) is 26.2. The second kappa shape index (κ2) is 5.08. The number of halogens is 1. The summed E-state index contributed by atoms with van der Waals surface area (Å²) in [5.41, 5.74) is 1.23. The van der Waals surface area contributed by atoms with Crippen molar-refractivity contribution in [1.82, 2.24) is 0 Å². The number of aryl methyl sites for hydroxylation is 1. The second-order valence-electron chi connectivity index (χ2n) is 5.15. The first-order valence-electron chi connectivity index (χ1n) is 6.58. The van der Waals surface area contributed by atoms with Gasteiger partial charge in [-0.05, 0) is 53.4 Å². The maximum Gasteiger partial charge on any atom is 0.240 e. The third kappa shape index (κ3) is 2.22. The minimum absolute atomic E-state index is 0.0629. The monoisotopic (exact) mass is 323 g/mol. The van der Waals surface area contributed by atoms with Crippen molar-refractivity contribution in [3.8, 4) is 0 Å². The summed E-state index contributed by atoms with van der Waals surface area (Å²) >= 11 is 3.45. The van der Waals surface area contributed by atoms with Crippen molar-refractivity contribution < 1.29 is 9.59 Å². The number of carbonyl (C=O) groups is 2. The molecule has 0 atom stereocenters. The van der Waals surface area contributed by atoms with E-state index in [9.17, 15) is 9.59 Å². The summed E-state index contributed by atoms with van der Waals surface area (Å²) in [7, 11) is 0. The van der Waals surface area contributed by atoms with Gasteiger partial charge >= 0.3 is 0 Å². The first-order chi connectivity index (χ1) is 8.95. The Hall–Kier alpha value is -1.16. The summed E-state index contributed by atoms with van der Waals surface area (Å²) in [5.74, 6) is -0.162. The summed E-state index contributed by atoms with van der Waals surface area (Å²) in [5, 5.41) is 0. The first-order valence-corrected chi connectivity index (χ1v) is 7.38. The zero-order valence-electron chi connectivity index (χ0n) is 11.5. The number of hydrogen-bond donors (Lipinski definition) is 0. The minimum Gasteiger partial charge on any atom is -0.274 e. The summed E-state index contributed by atoms with van der Waals surface area (Å²) < 4.78 is 0.789. The van der Waals surface area contributed by atoms with Crippen molar-refractivity contribution in [1.29, 1.82) is 0 Å². The SMILES string of the molecule is CCC1(CC)CC(=O)N(c2ccc(C)cc2Br)C1=O. The maximum absolute atomic E-state index is 12.6. The van der Waals surface area contributed by atoms with E-state index >= 15 is 0 Å². The molecule has 2 amide bonds. The van der Waals surface area contributed by atoms with E-state index < -0.39 is 5.41 Å². The van der Waals surface area contributed by atoms with Crippen LogP contribution < -0.4 is 4.90 Å². The molecule has 0 bridgehead atoms. The Kier molecular flexibility index (Phi) is 3.81. The van der Waals surface area contributed by atoms with Crippen LogP contribution in [0.1, 0.15) is 38.7 Å². The van der Waals surface area contributed by atoms with Crippen LogP contribution in [-0.2, 0) is 9.59 Å². The molecule has 0 spiro atoms. The van der Waals surface area contributed by atoms with Gasteiger partial charge in [0.25, 0.3) is 0 Å². The number of amides is 2. The topological polar surface area (TPSA) is 37.4 Å². The van der Waals surface area contributed by atoms with Crippen molar-refractivity contribution in [2.24, 2.45) is 5.41 Å². The lowest BCUT2D eigenvalue weighted by molar-refractivity contribution is -0.126. The van der Waals surface area contributed by atoms with Gasteiger partial charge in [-0.15, -0.1) is 0 Å². The largest absolute Gasteiger partial charge is 0.274 e. The number of benzene rings is 1. The van der Waals surface area contributed by atoms with E-state index in [1.807, 2.05) is 39.0 Å². The molecule has 0 aliphatic carbocycles. The molecule has 2 rings (SSSR count). The average molecular weight is 324 g/mol. The van der Waals surface area contributed by atoms with Gasteiger partial charge in [0.15, 0.2) is 0 Å². The molecule has 1 heterocycles. The third-order valence-electron chi connectivity index (χ3n) is 4.09. The van der Waals surface area contributed by atoms with Gasteiger partial charge in [0, 0.05) is 10.9 Å². The number of nitrogens with zero attached hydrogens (tertiary/aromatic N) is 1. The van der Waals surface area contributed by atoms with Gasteiger partial charge in [-0.1, -0.05) is 19.9 Å². The van der Waals surface area contributed by atoms with Crippen LogP contribution in [-0.4, -0.2) is 11.8 Å². The van der Waals surface area contributed by atoms with E-state index in [2.05, 4.69) is 15.9 Å². The van der Waals surface area contributed by atoms with E-state index in [0.29, 0.717) is 24.9 Å². The number of rotatable bonds is 3. The number of hydrogen-bond acceptors (Lipinski definition) is 2. The van der Waals surface area contributed by atoms with Crippen molar-refractivity contribution >= 4 is 33.4 Å². The smallest absolute Gasteiger partial charge is 0.240 e. The lowest BCUT2D eigenvalue weighted by Crippen LogP contribution is -2.35. The molecule has 102 valence electrons. The lowest BCUT2D eigenvalue weighted by Gasteiger charge is -2.24. The predicted molar refractivity (Wildman–Crippen MR) is 79.0 cm³/mol. The Morgan fingerprint density at radius 3 is 2.37 bits per heavy atom. The third-order valence-corrected chi connectivity index (χ3v) is 4.73. The van der Waals surface area contributed by atoms with Crippen molar-refractivity contribution in [2.75, 3.05) is 4.90 Å². The molecular weight excluding hydrogens is 306 g/mol. The van der Waals surface area contributed by atoms with E-state index in [4.69, 9.17) is 0 Å². The Balaban J connectivity index is 2.46. The molecule has 1 aliphatic heterocycles. The molecular formula is C15H18BrNO2. The first kappa shape index (κ1) is 14.3. The normalized spacial score (nSPS) is 18.2. The molecule has 0 radical (unpaired) electrons. The predicted octanol–water partition coefficient (Wildman–Crippen LogP) is 3.83. The van der Waals surface area contributed by atoms with Gasteiger partial charge < -0.3 is 0 Å². The fraction of sp³-hybridized carbons (Fsp3) is 0.467. The van der Waals surface area contributed by atoms with Gasteiger partial charge in [0.05, 0.1) is 11.1 Å². The minimum atomic E-state index is -0.512. The van der Waals surface area contributed by atoms with Gasteiger partial charge in [-0.3, -0.25) is 9.59 Å². The van der Waals surface area contributed by atoms with Crippen LogP contribution in [0.2, 0.25) is 0 Å². The van der Waals surface area contributed by atoms with E-state index in [1.54, 1.807) is 0 Å². The highest BCUT2D eigenvalue weighted by molar-refractivity contribution is 9.10. The quantitative estimate of drug-likeness (QED) is 0.793. The van der Waals surface area contributed by atoms with E-state index in [-0.39, 0.29) is 11.8 Å². The van der Waals surface area contributed by atoms with Crippen molar-refractivity contribution in [3.05, 3.63) is 28.2 Å². The van der Waals surface area contributed by atoms with Crippen LogP contribution >= 0.6 is 15.9 Å². The summed E-state index contributed by atoms with van der Waals surface area (Å²) in [6.07, 6.45) is 1.72. The Labute approximate surface area is 122 Å². The molecule has 1 saturated heterocycles. The lowest BCUT2D eigenvalue weighted by atomic mass is 9.81. The molecule has 0 saturated carbocycles. The molecule has 0 N–H and O–H groups in total. The molecule has 3 nitrogen and oxygen atoms in total. The number of anilines is 1. The fourth-order valence-corrected chi connectivity index (χ4v) is 3.30. The van der Waals surface area contributed by atoms with Crippen molar-refractivity contribution in [3.63, 3.8) is 0 Å². The average Bonchev–Trinajstić information content (AvgIpc) is 2.62. The highest BCUT2D eigenvalue weighted by Gasteiger charge is 2.49. The highest BCUT2D eigenvalue weighted by atomic mass is 79.9. The molecule has 1 fully saturated rings. The summed E-state index contributed by atoms with van der Waals surface area (Å²) in [6, 6.07) is 5.67. The Morgan fingerprint density at radius 1 is 1.26 bits per heavy atom. The Bertz CT molecular complexity index is 535. The zero-order valence-corrected chi connectivity index (χ0v) is 13.1. The molecule has 1 aromatic rings. The van der Waals surface area contributed by atoms with Crippen LogP contribution in [0.25, 0.3) is 0 Å². The molecule has 4 heteroatoms. The molecule has 0 aromatic heterocycles. The van der Waals surface area contributed by atoms with Gasteiger partial charge in [0.1, 0.15) is 0 Å². The maximum atomic E-state index is 12.6. The van der Waals surface area contributed by atoms with Gasteiger partial charge in [0.2, 0.25) is 11.8 Å². The Morgan fingerprint density at radius 2 is 1.89 bits per heavy atom. The van der Waals surface area contributed by atoms with Crippen LogP contribution in [0.4, 0.5) is 5.69 Å². The number of carbonyl (C=O) groups excluding carboxylic acids is 2. The fourth-order valence-electron chi connectivity index (χ4n) is 2.63. The molecule has 0 unspecified atom stereocenters. The highest BCUT2D eigenvalue weighted by Crippen LogP contribution is 2.42. The van der Waals surface area contributed by atoms with E-state index in [1.165, 1.54) is 4.90 Å². The molecule has 19 heavy (non-hydrogen) atoms. The van der Waals surface area contributed by atoms with E-state index in [0.717, 1.165) is 10.0 Å². The zero-order chi connectivity index (χ0) is 14.2. The van der Waals surface area contributed by atoms with Crippen LogP contribution in [0.15, 0.2) is 22.7 Å². The second-order valence-corrected chi connectivity index (χ2v) is 6.01. The standard InChI is InChI=1S/C15H18BrNO2/c1-4-15(5-2)9-13(18)17(14(15)19)12-7-6-10(3)8-11(12)16/h6-8H,4-5,9H2,1-3H3. The van der Waals surface area contributed by atoms with Crippen molar-refractivity contribution in [2.45, 2.75) is 40.0 Å². The summed E-state index contributed by atoms with van der Waals surface area (Å²) in [6.45, 7) is 5.93. The van der Waals surface area contributed by atoms with Crippen LogP contribution in [0.3, 0.4) is 0 Å². The number of imide groups is 1. The van der Waals surface area contributed by atoms with Gasteiger partial charge in [-0.2, -0.15) is 0 Å². The van der Waals surface area contributed by atoms with Crippen LogP contribution in [0, 0.1) is 12.3 Å². The molecule has 1 aromatic carbocycles. The van der Waals surface area contributed by atoms with Crippen LogP contribution in [0.5, 0.6) is 0 Å². The molecule has 1 aliphatic rings. The van der Waals surface area contributed by atoms with Gasteiger partial charge in [-0.25, -0.2) is 4.90 Å².